The fourth-order valence-electron chi connectivity index (χ4n) is 3.19. The summed E-state index contributed by atoms with van der Waals surface area (Å²) < 4.78 is 0. The van der Waals surface area contributed by atoms with Gasteiger partial charge in [-0.25, -0.2) is 0 Å². The number of hydrogen-bond acceptors (Lipinski definition) is 3. The molecule has 1 aliphatic rings. The molecule has 0 bridgehead atoms. The summed E-state index contributed by atoms with van der Waals surface area (Å²) in [4.78, 5) is 26.6. The Kier molecular flexibility index (Phi) is 4.74. The number of carbonyl (C=O) groups excluding carboxylic acids is 2. The zero-order chi connectivity index (χ0) is 18.0. The molecule has 0 spiro atoms. The zero-order valence-corrected chi connectivity index (χ0v) is 14.6. The number of carbonyl (C=O) groups is 2. The topological polar surface area (TPSA) is 75.4 Å². The third kappa shape index (κ3) is 3.65. The van der Waals surface area contributed by atoms with Crippen molar-refractivity contribution in [3.8, 4) is 0 Å². The molecule has 0 atom stereocenters. The molecule has 0 aromatic heterocycles. The van der Waals surface area contributed by atoms with Gasteiger partial charge in [-0.3, -0.25) is 9.59 Å². The van der Waals surface area contributed by atoms with Crippen molar-refractivity contribution in [1.29, 1.82) is 0 Å². The number of benzene rings is 2. The summed E-state index contributed by atoms with van der Waals surface area (Å²) in [5.74, 6) is -0.682. The van der Waals surface area contributed by atoms with E-state index in [1.807, 2.05) is 38.1 Å². The van der Waals surface area contributed by atoms with Crippen LogP contribution in [0, 0.1) is 13.8 Å². The first kappa shape index (κ1) is 17.0. The van der Waals surface area contributed by atoms with Crippen LogP contribution in [0.1, 0.15) is 44.7 Å². The van der Waals surface area contributed by atoms with Gasteiger partial charge in [0.05, 0.1) is 11.4 Å². The number of nitrogens with zero attached hydrogens (tertiary/aromatic N) is 1. The van der Waals surface area contributed by atoms with Gasteiger partial charge in [0.2, 0.25) is 5.91 Å². The minimum Gasteiger partial charge on any atom is -0.370 e. The van der Waals surface area contributed by atoms with Crippen LogP contribution in [0.15, 0.2) is 36.4 Å². The number of anilines is 2. The third-order valence-corrected chi connectivity index (χ3v) is 4.61. The van der Waals surface area contributed by atoms with E-state index in [1.54, 1.807) is 12.1 Å². The van der Waals surface area contributed by atoms with Crippen LogP contribution in [0.4, 0.5) is 11.4 Å². The van der Waals surface area contributed by atoms with Crippen LogP contribution in [0.2, 0.25) is 0 Å². The Labute approximate surface area is 147 Å². The largest absolute Gasteiger partial charge is 0.370 e. The molecule has 1 heterocycles. The number of primary amides is 1. The summed E-state index contributed by atoms with van der Waals surface area (Å²) in [5, 5.41) is 2.98. The molecule has 0 saturated carbocycles. The van der Waals surface area contributed by atoms with E-state index in [4.69, 9.17) is 5.73 Å². The lowest BCUT2D eigenvalue weighted by atomic mass is 10.0. The van der Waals surface area contributed by atoms with Crippen LogP contribution < -0.4 is 16.0 Å². The normalized spacial score (nSPS) is 13.8. The molecule has 1 saturated heterocycles. The molecule has 0 radical (unpaired) electrons. The number of rotatable bonds is 4. The monoisotopic (exact) mass is 337 g/mol. The van der Waals surface area contributed by atoms with Crippen molar-refractivity contribution in [3.05, 3.63) is 58.7 Å². The highest BCUT2D eigenvalue weighted by molar-refractivity contribution is 6.08. The number of hydrogen-bond donors (Lipinski definition) is 2. The van der Waals surface area contributed by atoms with E-state index in [0.29, 0.717) is 16.8 Å². The second-order valence-corrected chi connectivity index (χ2v) is 6.56. The quantitative estimate of drug-likeness (QED) is 0.899. The molecular formula is C20H23N3O2. The maximum absolute atomic E-state index is 12.8. The SMILES string of the molecule is Cc1ccc(C)c(C(=O)Nc2cc(C(N)=O)ccc2N2CCCC2)c1. The van der Waals surface area contributed by atoms with Crippen molar-refractivity contribution in [2.75, 3.05) is 23.3 Å². The second kappa shape index (κ2) is 6.97. The first-order valence-electron chi connectivity index (χ1n) is 8.53. The molecule has 130 valence electrons. The summed E-state index contributed by atoms with van der Waals surface area (Å²) in [7, 11) is 0. The molecule has 1 fully saturated rings. The molecule has 2 amide bonds. The highest BCUT2D eigenvalue weighted by Gasteiger charge is 2.19. The van der Waals surface area contributed by atoms with Gasteiger partial charge < -0.3 is 16.0 Å². The zero-order valence-electron chi connectivity index (χ0n) is 14.6. The van der Waals surface area contributed by atoms with Gasteiger partial charge in [0.15, 0.2) is 0 Å². The molecule has 5 nitrogen and oxygen atoms in total. The number of amides is 2. The predicted octanol–water partition coefficient (Wildman–Crippen LogP) is 3.25. The predicted molar refractivity (Wildman–Crippen MR) is 100 cm³/mol. The van der Waals surface area contributed by atoms with Crippen molar-refractivity contribution in [2.45, 2.75) is 26.7 Å². The van der Waals surface area contributed by atoms with Crippen molar-refractivity contribution < 1.29 is 9.59 Å². The summed E-state index contributed by atoms with van der Waals surface area (Å²) in [6.07, 6.45) is 2.25. The van der Waals surface area contributed by atoms with Crippen LogP contribution in [0.3, 0.4) is 0 Å². The Morgan fingerprint density at radius 3 is 2.44 bits per heavy atom. The van der Waals surface area contributed by atoms with Gasteiger partial charge in [0.1, 0.15) is 0 Å². The fourth-order valence-corrected chi connectivity index (χ4v) is 3.19. The molecule has 0 aliphatic carbocycles. The molecule has 25 heavy (non-hydrogen) atoms. The summed E-state index contributed by atoms with van der Waals surface area (Å²) in [6, 6.07) is 11.0. The van der Waals surface area contributed by atoms with Crippen molar-refractivity contribution in [2.24, 2.45) is 5.73 Å². The van der Waals surface area contributed by atoms with Crippen LogP contribution in [0.5, 0.6) is 0 Å². The van der Waals surface area contributed by atoms with Gasteiger partial charge in [-0.2, -0.15) is 0 Å². The minimum atomic E-state index is -0.504. The number of nitrogens with two attached hydrogens (primary N) is 1. The molecule has 3 N–H and O–H groups in total. The van der Waals surface area contributed by atoms with E-state index in [-0.39, 0.29) is 5.91 Å². The Morgan fingerprint density at radius 1 is 1.04 bits per heavy atom. The first-order valence-corrected chi connectivity index (χ1v) is 8.53. The van der Waals surface area contributed by atoms with E-state index in [2.05, 4.69) is 10.2 Å². The minimum absolute atomic E-state index is 0.178. The smallest absolute Gasteiger partial charge is 0.255 e. The van der Waals surface area contributed by atoms with Gasteiger partial charge in [-0.15, -0.1) is 0 Å². The van der Waals surface area contributed by atoms with E-state index >= 15 is 0 Å². The molecule has 0 unspecified atom stereocenters. The van der Waals surface area contributed by atoms with Gasteiger partial charge in [0.25, 0.3) is 5.91 Å². The van der Waals surface area contributed by atoms with Gasteiger partial charge in [0, 0.05) is 24.2 Å². The summed E-state index contributed by atoms with van der Waals surface area (Å²) in [6.45, 7) is 5.76. The molecular weight excluding hydrogens is 314 g/mol. The molecule has 2 aromatic rings. The molecule has 3 rings (SSSR count). The lowest BCUT2D eigenvalue weighted by molar-refractivity contribution is 0.0996. The van der Waals surface area contributed by atoms with Gasteiger partial charge in [-0.05, 0) is 56.5 Å². The highest BCUT2D eigenvalue weighted by Crippen LogP contribution is 2.30. The Hall–Kier alpha value is -2.82. The standard InChI is InChI=1S/C20H23N3O2/c1-13-5-6-14(2)16(11-13)20(25)22-17-12-15(19(21)24)7-8-18(17)23-9-3-4-10-23/h5-8,11-12H,3-4,9-10H2,1-2H3,(H2,21,24)(H,22,25). The Balaban J connectivity index is 1.96. The van der Waals surface area contributed by atoms with Crippen LogP contribution >= 0.6 is 0 Å². The van der Waals surface area contributed by atoms with Crippen molar-refractivity contribution in [1.82, 2.24) is 0 Å². The van der Waals surface area contributed by atoms with Crippen LogP contribution in [-0.4, -0.2) is 24.9 Å². The highest BCUT2D eigenvalue weighted by atomic mass is 16.2. The van der Waals surface area contributed by atoms with E-state index in [1.165, 1.54) is 0 Å². The van der Waals surface area contributed by atoms with Crippen LogP contribution in [0.25, 0.3) is 0 Å². The average Bonchev–Trinajstić information content (AvgIpc) is 3.11. The van der Waals surface area contributed by atoms with Gasteiger partial charge in [-0.1, -0.05) is 17.7 Å². The van der Waals surface area contributed by atoms with Crippen molar-refractivity contribution >= 4 is 23.2 Å². The lowest BCUT2D eigenvalue weighted by Crippen LogP contribution is -2.22. The average molecular weight is 337 g/mol. The molecule has 2 aromatic carbocycles. The van der Waals surface area contributed by atoms with E-state index in [0.717, 1.165) is 42.7 Å². The number of aryl methyl sites for hydroxylation is 2. The second-order valence-electron chi connectivity index (χ2n) is 6.56. The first-order chi connectivity index (χ1) is 12.0. The maximum atomic E-state index is 12.8. The third-order valence-electron chi connectivity index (χ3n) is 4.61. The molecule has 5 heteroatoms. The van der Waals surface area contributed by atoms with E-state index in [9.17, 15) is 9.59 Å². The Bertz CT molecular complexity index is 824. The summed E-state index contributed by atoms with van der Waals surface area (Å²) >= 11 is 0. The number of nitrogens with one attached hydrogen (secondary N) is 1. The van der Waals surface area contributed by atoms with Crippen molar-refractivity contribution in [3.63, 3.8) is 0 Å². The lowest BCUT2D eigenvalue weighted by Gasteiger charge is -2.22. The Morgan fingerprint density at radius 2 is 1.76 bits per heavy atom. The fraction of sp³-hybridized carbons (Fsp3) is 0.300. The molecule has 1 aliphatic heterocycles. The van der Waals surface area contributed by atoms with Crippen LogP contribution in [-0.2, 0) is 0 Å². The summed E-state index contributed by atoms with van der Waals surface area (Å²) in [5.41, 5.74) is 9.93. The van der Waals surface area contributed by atoms with Gasteiger partial charge >= 0.3 is 0 Å². The van der Waals surface area contributed by atoms with E-state index < -0.39 is 5.91 Å². The maximum Gasteiger partial charge on any atom is 0.255 e.